The third-order valence-electron chi connectivity index (χ3n) is 5.13. The molecule has 0 bridgehead atoms. The van der Waals surface area contributed by atoms with E-state index in [0.29, 0.717) is 18.1 Å². The molecule has 7 nitrogen and oxygen atoms in total. The van der Waals surface area contributed by atoms with Crippen LogP contribution in [0, 0.1) is 5.82 Å². The van der Waals surface area contributed by atoms with Crippen molar-refractivity contribution in [1.29, 1.82) is 0 Å². The Balaban J connectivity index is 0.00000199. The van der Waals surface area contributed by atoms with Crippen LogP contribution in [-0.4, -0.2) is 63.7 Å². The van der Waals surface area contributed by atoms with E-state index in [2.05, 4.69) is 0 Å². The van der Waals surface area contributed by atoms with E-state index in [1.807, 2.05) is 20.8 Å². The summed E-state index contributed by atoms with van der Waals surface area (Å²) in [6.07, 6.45) is -6.01. The molecular weight excluding hydrogens is 486 g/mol. The maximum atomic E-state index is 14.0. The molecule has 0 amide bonds. The largest absolute Gasteiger partial charge is 0.494 e. The molecule has 4 unspecified atom stereocenters. The van der Waals surface area contributed by atoms with E-state index in [1.165, 1.54) is 12.1 Å². The van der Waals surface area contributed by atoms with E-state index in [4.69, 9.17) is 25.8 Å². The Bertz CT molecular complexity index is 853. The number of benzene rings is 2. The van der Waals surface area contributed by atoms with Crippen LogP contribution < -0.4 is 9.47 Å². The smallest absolute Gasteiger partial charge is 0.229 e. The third kappa shape index (κ3) is 7.75. The molecule has 2 aromatic carbocycles. The topological polar surface area (TPSA) is 109 Å². The summed E-state index contributed by atoms with van der Waals surface area (Å²) in [6, 6.07) is 11.0. The number of aliphatic hydroxyl groups excluding tert-OH is 3. The first kappa shape index (κ1) is 28.7. The first-order valence-electron chi connectivity index (χ1n) is 11.3. The molecule has 190 valence electrons. The molecule has 2 aromatic rings. The summed E-state index contributed by atoms with van der Waals surface area (Å²) in [7, 11) is -1.64. The Kier molecular flexibility index (Phi) is 12.0. The Hall–Kier alpha value is -1.51. The van der Waals surface area contributed by atoms with Crippen LogP contribution in [0.25, 0.3) is 0 Å². The van der Waals surface area contributed by atoms with Crippen molar-refractivity contribution in [2.45, 2.75) is 64.1 Å². The van der Waals surface area contributed by atoms with E-state index in [9.17, 15) is 24.6 Å². The zero-order valence-electron chi connectivity index (χ0n) is 19.5. The van der Waals surface area contributed by atoms with Gasteiger partial charge in [-0.15, -0.1) is 0 Å². The van der Waals surface area contributed by atoms with Crippen LogP contribution in [0.15, 0.2) is 42.5 Å². The Morgan fingerprint density at radius 1 is 1.00 bits per heavy atom. The van der Waals surface area contributed by atoms with Crippen LogP contribution in [0.5, 0.6) is 11.5 Å². The molecule has 10 heteroatoms. The molecule has 0 aliphatic carbocycles. The van der Waals surface area contributed by atoms with Gasteiger partial charge in [0.05, 0.1) is 12.7 Å². The summed E-state index contributed by atoms with van der Waals surface area (Å²) in [6.45, 7) is 6.39. The van der Waals surface area contributed by atoms with Gasteiger partial charge in [0.2, 0.25) is 6.29 Å². The molecule has 1 saturated heterocycles. The maximum Gasteiger partial charge on any atom is 0.229 e. The first-order chi connectivity index (χ1) is 16.3. The van der Waals surface area contributed by atoms with Crippen LogP contribution >= 0.6 is 19.7 Å². The number of rotatable bonds is 9. The average Bonchev–Trinajstić information content (AvgIpc) is 2.83. The minimum absolute atomic E-state index is 0.0565. The Morgan fingerprint density at radius 3 is 2.26 bits per heavy atom. The second kappa shape index (κ2) is 14.1. The fourth-order valence-electron chi connectivity index (χ4n) is 3.39. The zero-order chi connectivity index (χ0) is 25.3. The fourth-order valence-corrected chi connectivity index (χ4v) is 5.11. The monoisotopic (exact) mass is 518 g/mol. The highest BCUT2D eigenvalue weighted by molar-refractivity contribution is 7.50. The molecule has 1 aliphatic rings. The average molecular weight is 519 g/mol. The molecule has 4 N–H and O–H groups in total. The number of hydrogen-bond donors (Lipinski definition) is 4. The van der Waals surface area contributed by atoms with Gasteiger partial charge >= 0.3 is 0 Å². The van der Waals surface area contributed by atoms with Gasteiger partial charge < -0.3 is 34.4 Å². The highest BCUT2D eigenvalue weighted by Crippen LogP contribution is 2.40. The molecule has 0 aromatic heterocycles. The highest BCUT2D eigenvalue weighted by atomic mass is 35.5. The lowest BCUT2D eigenvalue weighted by Gasteiger charge is -2.40. The second-order valence-corrected chi connectivity index (χ2v) is 9.60. The SMILES string of the molecule is CC.CCOc1ccc(O[C@H]2OC(CCP(O)Cc3c(F)cccc3Cl)[C@@H](O)C(O)C2O)cc1. The van der Waals surface area contributed by atoms with Crippen LogP contribution in [0.1, 0.15) is 32.8 Å². The van der Waals surface area contributed by atoms with Gasteiger partial charge in [-0.2, -0.15) is 0 Å². The number of ether oxygens (including phenoxy) is 3. The minimum atomic E-state index is -1.64. The third-order valence-corrected chi connectivity index (χ3v) is 6.94. The minimum Gasteiger partial charge on any atom is -0.494 e. The van der Waals surface area contributed by atoms with Crippen molar-refractivity contribution >= 4 is 19.7 Å². The highest BCUT2D eigenvalue weighted by Gasteiger charge is 2.44. The number of hydrogen-bond acceptors (Lipinski definition) is 7. The van der Waals surface area contributed by atoms with E-state index >= 15 is 0 Å². The summed E-state index contributed by atoms with van der Waals surface area (Å²) in [4.78, 5) is 10.4. The van der Waals surface area contributed by atoms with Gasteiger partial charge in [0.1, 0.15) is 35.6 Å². The number of halogens is 2. The molecule has 1 heterocycles. The van der Waals surface area contributed by atoms with Crippen molar-refractivity contribution in [3.63, 3.8) is 0 Å². The predicted octanol–water partition coefficient (Wildman–Crippen LogP) is 4.07. The zero-order valence-corrected chi connectivity index (χ0v) is 21.1. The van der Waals surface area contributed by atoms with Gasteiger partial charge in [0.15, 0.2) is 0 Å². The lowest BCUT2D eigenvalue weighted by molar-refractivity contribution is -0.272. The predicted molar refractivity (Wildman–Crippen MR) is 130 cm³/mol. The van der Waals surface area contributed by atoms with Crippen molar-refractivity contribution in [3.05, 3.63) is 58.9 Å². The molecule has 0 saturated carbocycles. The van der Waals surface area contributed by atoms with Crippen LogP contribution in [0.2, 0.25) is 5.02 Å². The quantitative estimate of drug-likeness (QED) is 0.371. The normalized spacial score (nSPS) is 25.1. The molecule has 1 aliphatic heterocycles. The van der Waals surface area contributed by atoms with Crippen LogP contribution in [0.3, 0.4) is 0 Å². The van der Waals surface area contributed by atoms with Crippen LogP contribution in [-0.2, 0) is 10.9 Å². The van der Waals surface area contributed by atoms with Gasteiger partial charge in [-0.1, -0.05) is 31.5 Å². The lowest BCUT2D eigenvalue weighted by Crippen LogP contribution is -2.59. The summed E-state index contributed by atoms with van der Waals surface area (Å²) in [5.41, 5.74) is 0.236. The summed E-state index contributed by atoms with van der Waals surface area (Å²) >= 11 is 6.01. The summed E-state index contributed by atoms with van der Waals surface area (Å²) < 4.78 is 30.7. The van der Waals surface area contributed by atoms with E-state index in [-0.39, 0.29) is 29.3 Å². The fraction of sp³-hybridized carbons (Fsp3) is 0.500. The van der Waals surface area contributed by atoms with Crippen molar-refractivity contribution < 1.29 is 38.8 Å². The van der Waals surface area contributed by atoms with Crippen molar-refractivity contribution in [2.75, 3.05) is 12.8 Å². The first-order valence-corrected chi connectivity index (χ1v) is 13.3. The van der Waals surface area contributed by atoms with E-state index < -0.39 is 44.7 Å². The van der Waals surface area contributed by atoms with Crippen molar-refractivity contribution in [3.8, 4) is 11.5 Å². The lowest BCUT2D eigenvalue weighted by atomic mass is 9.97. The molecule has 1 fully saturated rings. The van der Waals surface area contributed by atoms with Crippen molar-refractivity contribution in [1.82, 2.24) is 0 Å². The Labute approximate surface area is 205 Å². The Morgan fingerprint density at radius 2 is 1.65 bits per heavy atom. The van der Waals surface area contributed by atoms with Gasteiger partial charge in [-0.25, -0.2) is 4.39 Å². The maximum absolute atomic E-state index is 14.0. The second-order valence-electron chi connectivity index (χ2n) is 7.41. The van der Waals surface area contributed by atoms with Crippen molar-refractivity contribution in [2.24, 2.45) is 0 Å². The summed E-state index contributed by atoms with van der Waals surface area (Å²) in [5.74, 6) is 0.554. The van der Waals surface area contributed by atoms with E-state index in [1.54, 1.807) is 30.3 Å². The molecular formula is C24H33ClFO7P. The van der Waals surface area contributed by atoms with Gasteiger partial charge in [0.25, 0.3) is 0 Å². The van der Waals surface area contributed by atoms with Gasteiger partial charge in [0, 0.05) is 24.9 Å². The van der Waals surface area contributed by atoms with E-state index in [0.717, 1.165) is 0 Å². The summed E-state index contributed by atoms with van der Waals surface area (Å²) in [5, 5.41) is 31.1. The molecule has 3 rings (SSSR count). The molecule has 0 spiro atoms. The van der Waals surface area contributed by atoms with Gasteiger partial charge in [-0.05, 0) is 55.9 Å². The molecule has 0 radical (unpaired) electrons. The van der Waals surface area contributed by atoms with Crippen LogP contribution in [0.4, 0.5) is 4.39 Å². The number of aliphatic hydroxyl groups is 3. The standard InChI is InChI=1S/C22H27ClFO7P.C2H6/c1-2-29-13-6-8-14(9-7-13)30-22-21(27)20(26)19(25)18(31-22)10-11-32(28)12-15-16(23)4-3-5-17(15)24;1-2/h3-9,18-22,25-28H,2,10-12H2,1H3;1-2H3/t18?,19-,20?,21?,22+,32?;/m1./s1. The molecule has 34 heavy (non-hydrogen) atoms. The molecule has 6 atom stereocenters. The van der Waals surface area contributed by atoms with Gasteiger partial charge in [-0.3, -0.25) is 0 Å².